The molecule has 142 valence electrons. The van der Waals surface area contributed by atoms with Crippen LogP contribution in [0.4, 0.5) is 4.79 Å². The lowest BCUT2D eigenvalue weighted by Gasteiger charge is -2.37. The molecule has 0 aliphatic heterocycles. The Hall–Kier alpha value is -2.14. The topological polar surface area (TPSA) is 66.8 Å². The Bertz CT molecular complexity index is 718. The third-order valence-corrected chi connectivity index (χ3v) is 4.97. The molecule has 2 rings (SSSR count). The van der Waals surface area contributed by atoms with E-state index in [0.29, 0.717) is 36.6 Å². The maximum Gasteiger partial charge on any atom is 0.415 e. The van der Waals surface area contributed by atoms with Gasteiger partial charge in [0.05, 0.1) is 0 Å². The minimum atomic E-state index is -1.48. The van der Waals surface area contributed by atoms with Crippen LogP contribution in [0.5, 0.6) is 0 Å². The van der Waals surface area contributed by atoms with Crippen LogP contribution in [0.1, 0.15) is 63.4 Å². The van der Waals surface area contributed by atoms with E-state index < -0.39 is 11.7 Å². The fourth-order valence-electron chi connectivity index (χ4n) is 3.32. The van der Waals surface area contributed by atoms with Crippen molar-refractivity contribution in [2.24, 2.45) is 5.92 Å². The lowest BCUT2D eigenvalue weighted by Crippen LogP contribution is -2.40. The molecule has 1 aliphatic carbocycles. The molecule has 0 saturated heterocycles. The summed E-state index contributed by atoms with van der Waals surface area (Å²) in [5, 5.41) is 11.6. The van der Waals surface area contributed by atoms with Crippen molar-refractivity contribution in [2.75, 3.05) is 13.1 Å². The van der Waals surface area contributed by atoms with Gasteiger partial charge in [0.1, 0.15) is 5.60 Å². The number of aliphatic hydroxyl groups is 1. The molecule has 0 radical (unpaired) electrons. The molecule has 0 aromatic heterocycles. The number of ether oxygens (including phenoxy) is 1. The predicted octanol–water partition coefficient (Wildman–Crippen LogP) is 4.26. The Morgan fingerprint density at radius 2 is 1.85 bits per heavy atom. The summed E-state index contributed by atoms with van der Waals surface area (Å²) in [6.45, 7) is 10.5. The van der Waals surface area contributed by atoms with Gasteiger partial charge in [-0.15, -0.1) is 0 Å². The first kappa shape index (κ1) is 20.2. The van der Waals surface area contributed by atoms with E-state index in [-0.39, 0.29) is 17.1 Å². The summed E-state index contributed by atoms with van der Waals surface area (Å²) in [5.41, 5.74) is -0.213. The number of rotatable bonds is 6. The van der Waals surface area contributed by atoms with E-state index in [4.69, 9.17) is 4.74 Å². The van der Waals surface area contributed by atoms with Crippen molar-refractivity contribution >= 4 is 11.9 Å². The predicted molar refractivity (Wildman–Crippen MR) is 101 cm³/mol. The molecule has 0 bridgehead atoms. The molecule has 5 heteroatoms. The maximum atomic E-state index is 12.8. The molecule has 1 aromatic carbocycles. The first-order valence-corrected chi connectivity index (χ1v) is 9.30. The Balaban J connectivity index is 2.52. The summed E-state index contributed by atoms with van der Waals surface area (Å²) in [7, 11) is 0. The molecule has 1 amide bonds. The van der Waals surface area contributed by atoms with Gasteiger partial charge < -0.3 is 14.7 Å². The van der Waals surface area contributed by atoms with E-state index >= 15 is 0 Å². The van der Waals surface area contributed by atoms with Crippen molar-refractivity contribution in [2.45, 2.75) is 53.1 Å². The minimum Gasteiger partial charge on any atom is -0.411 e. The monoisotopic (exact) mass is 359 g/mol. The number of nitrogens with zero attached hydrogens (tertiary/aromatic N) is 1. The fraction of sp³-hybridized carbons (Fsp3) is 0.524. The van der Waals surface area contributed by atoms with Gasteiger partial charge in [-0.1, -0.05) is 38.1 Å². The lowest BCUT2D eigenvalue weighted by atomic mass is 9.75. The van der Waals surface area contributed by atoms with Crippen molar-refractivity contribution in [3.63, 3.8) is 0 Å². The standard InChI is InChI=1S/C21H29NO4/c1-6-22(7-2)20(24)26-19-15(5)18(23)16-10-8-9-11-17(16)21(19,25)13-12-14(3)4/h8-11,14,25H,6-7,12-13H2,1-5H3. The quantitative estimate of drug-likeness (QED) is 0.824. The van der Waals surface area contributed by atoms with Crippen LogP contribution in [0.15, 0.2) is 35.6 Å². The second-order valence-electron chi connectivity index (χ2n) is 7.16. The highest BCUT2D eigenvalue weighted by Crippen LogP contribution is 2.43. The molecule has 1 atom stereocenters. The van der Waals surface area contributed by atoms with Gasteiger partial charge in [0.25, 0.3) is 0 Å². The van der Waals surface area contributed by atoms with Gasteiger partial charge in [0.2, 0.25) is 0 Å². The van der Waals surface area contributed by atoms with Crippen LogP contribution in [0, 0.1) is 5.92 Å². The van der Waals surface area contributed by atoms with Crippen molar-refractivity contribution < 1.29 is 19.4 Å². The van der Waals surface area contributed by atoms with Gasteiger partial charge >= 0.3 is 6.09 Å². The molecule has 5 nitrogen and oxygen atoms in total. The van der Waals surface area contributed by atoms with Crippen molar-refractivity contribution in [1.82, 2.24) is 4.90 Å². The van der Waals surface area contributed by atoms with Gasteiger partial charge in [-0.05, 0) is 39.5 Å². The molecule has 1 unspecified atom stereocenters. The van der Waals surface area contributed by atoms with Gasteiger partial charge in [-0.25, -0.2) is 4.79 Å². The molecule has 1 aromatic rings. The lowest BCUT2D eigenvalue weighted by molar-refractivity contribution is 0.00134. The molecular weight excluding hydrogens is 330 g/mol. The molecule has 26 heavy (non-hydrogen) atoms. The maximum absolute atomic E-state index is 12.8. The second kappa shape index (κ2) is 8.04. The van der Waals surface area contributed by atoms with Gasteiger partial charge in [0.15, 0.2) is 11.5 Å². The second-order valence-corrected chi connectivity index (χ2v) is 7.16. The Morgan fingerprint density at radius 1 is 1.23 bits per heavy atom. The van der Waals surface area contributed by atoms with E-state index in [2.05, 4.69) is 13.8 Å². The number of hydrogen-bond acceptors (Lipinski definition) is 4. The SMILES string of the molecule is CCN(CC)C(=O)OC1=C(C)C(=O)c2ccccc2C1(O)CCC(C)C. The third-order valence-electron chi connectivity index (χ3n) is 4.97. The summed E-state index contributed by atoms with van der Waals surface area (Å²) in [4.78, 5) is 26.8. The van der Waals surface area contributed by atoms with Crippen LogP contribution < -0.4 is 0 Å². The van der Waals surface area contributed by atoms with Gasteiger partial charge in [-0.3, -0.25) is 4.79 Å². The van der Waals surface area contributed by atoms with Crippen LogP contribution in [0.25, 0.3) is 0 Å². The van der Waals surface area contributed by atoms with Crippen LogP contribution in [-0.4, -0.2) is 35.0 Å². The number of allylic oxidation sites excluding steroid dienone is 1. The number of Topliss-reactive ketones (excluding diaryl/α,β-unsaturated/α-hetero) is 1. The molecule has 0 spiro atoms. The third kappa shape index (κ3) is 3.68. The van der Waals surface area contributed by atoms with Crippen molar-refractivity contribution in [1.29, 1.82) is 0 Å². The van der Waals surface area contributed by atoms with E-state index in [1.165, 1.54) is 4.90 Å². The number of carbonyl (C=O) groups excluding carboxylic acids is 2. The van der Waals surface area contributed by atoms with E-state index in [1.54, 1.807) is 31.2 Å². The van der Waals surface area contributed by atoms with Gasteiger partial charge in [0, 0.05) is 29.8 Å². The molecular formula is C21H29NO4. The highest BCUT2D eigenvalue weighted by Gasteiger charge is 2.45. The molecule has 1 aliphatic rings. The summed E-state index contributed by atoms with van der Waals surface area (Å²) >= 11 is 0. The van der Waals surface area contributed by atoms with Crippen LogP contribution in [-0.2, 0) is 10.3 Å². The largest absolute Gasteiger partial charge is 0.415 e. The average Bonchev–Trinajstić information content (AvgIpc) is 2.63. The highest BCUT2D eigenvalue weighted by molar-refractivity contribution is 6.11. The fourth-order valence-corrected chi connectivity index (χ4v) is 3.32. The zero-order valence-electron chi connectivity index (χ0n) is 16.3. The van der Waals surface area contributed by atoms with E-state index in [9.17, 15) is 14.7 Å². The molecule has 1 N–H and O–H groups in total. The minimum absolute atomic E-state index is 0.0683. The Kier molecular flexibility index (Phi) is 6.24. The van der Waals surface area contributed by atoms with E-state index in [1.807, 2.05) is 13.8 Å². The first-order chi connectivity index (χ1) is 12.3. The smallest absolute Gasteiger partial charge is 0.411 e. The Labute approximate surface area is 155 Å². The zero-order valence-corrected chi connectivity index (χ0v) is 16.3. The Morgan fingerprint density at radius 3 is 2.42 bits per heavy atom. The molecule has 0 saturated carbocycles. The molecule has 0 fully saturated rings. The highest BCUT2D eigenvalue weighted by atomic mass is 16.6. The summed E-state index contributed by atoms with van der Waals surface area (Å²) in [6.07, 6.45) is 0.575. The zero-order chi connectivity index (χ0) is 19.5. The number of hydrogen-bond donors (Lipinski definition) is 1. The number of benzene rings is 1. The average molecular weight is 359 g/mol. The number of carbonyl (C=O) groups is 2. The summed E-state index contributed by atoms with van der Waals surface area (Å²) in [5.74, 6) is 0.222. The van der Waals surface area contributed by atoms with E-state index in [0.717, 1.165) is 6.42 Å². The summed E-state index contributed by atoms with van der Waals surface area (Å²) < 4.78 is 5.62. The van der Waals surface area contributed by atoms with Crippen LogP contribution in [0.2, 0.25) is 0 Å². The first-order valence-electron chi connectivity index (χ1n) is 9.30. The molecule has 0 heterocycles. The van der Waals surface area contributed by atoms with Crippen LogP contribution >= 0.6 is 0 Å². The number of ketones is 1. The summed E-state index contributed by atoms with van der Waals surface area (Å²) in [6, 6.07) is 7.02. The number of fused-ring (bicyclic) bond motifs is 1. The number of amides is 1. The van der Waals surface area contributed by atoms with Crippen molar-refractivity contribution in [3.05, 3.63) is 46.7 Å². The van der Waals surface area contributed by atoms with Crippen molar-refractivity contribution in [3.8, 4) is 0 Å². The van der Waals surface area contributed by atoms with Gasteiger partial charge in [-0.2, -0.15) is 0 Å². The van der Waals surface area contributed by atoms with Crippen LogP contribution in [0.3, 0.4) is 0 Å². The normalized spacial score (nSPS) is 19.6.